The van der Waals surface area contributed by atoms with Crippen molar-refractivity contribution in [3.05, 3.63) is 47.5 Å². The predicted molar refractivity (Wildman–Crippen MR) is 104 cm³/mol. The molecule has 2 aromatic carbocycles. The third-order valence-electron chi connectivity index (χ3n) is 4.23. The van der Waals surface area contributed by atoms with Crippen molar-refractivity contribution in [3.8, 4) is 11.5 Å². The highest BCUT2D eigenvalue weighted by Gasteiger charge is 2.21. The van der Waals surface area contributed by atoms with Gasteiger partial charge in [-0.05, 0) is 43.2 Å². The molecule has 1 aliphatic heterocycles. The van der Waals surface area contributed by atoms with Crippen LogP contribution in [0.15, 0.2) is 36.4 Å². The lowest BCUT2D eigenvalue weighted by molar-refractivity contribution is -0.116. The topological polar surface area (TPSA) is 84.9 Å². The summed E-state index contributed by atoms with van der Waals surface area (Å²) >= 11 is 0. The van der Waals surface area contributed by atoms with Crippen molar-refractivity contribution in [2.24, 2.45) is 0 Å². The molecule has 0 atom stereocenters. The molecule has 0 aliphatic carbocycles. The molecular formula is C19H22N2O5S. The smallest absolute Gasteiger partial charge is 0.232 e. The molecule has 0 unspecified atom stereocenters. The molecule has 144 valence electrons. The summed E-state index contributed by atoms with van der Waals surface area (Å²) in [4.78, 5) is 12.3. The molecule has 1 N–H and O–H groups in total. The Kier molecular flexibility index (Phi) is 5.27. The first-order chi connectivity index (χ1) is 12.7. The van der Waals surface area contributed by atoms with Crippen LogP contribution in [0, 0.1) is 13.8 Å². The summed E-state index contributed by atoms with van der Waals surface area (Å²) < 4.78 is 36.3. The number of ether oxygens (including phenoxy) is 2. The fourth-order valence-corrected chi connectivity index (χ4v) is 3.83. The summed E-state index contributed by atoms with van der Waals surface area (Å²) in [5.41, 5.74) is 2.95. The number of nitrogens with one attached hydrogen (secondary N) is 1. The Morgan fingerprint density at radius 3 is 2.59 bits per heavy atom. The molecule has 0 saturated carbocycles. The van der Waals surface area contributed by atoms with Gasteiger partial charge in [-0.25, -0.2) is 8.42 Å². The van der Waals surface area contributed by atoms with Gasteiger partial charge in [-0.3, -0.25) is 9.10 Å². The number of fused-ring (bicyclic) bond motifs is 1. The Balaban J connectivity index is 1.70. The van der Waals surface area contributed by atoms with Crippen LogP contribution in [0.25, 0.3) is 0 Å². The van der Waals surface area contributed by atoms with E-state index in [0.717, 1.165) is 17.4 Å². The molecule has 0 saturated heterocycles. The Bertz CT molecular complexity index is 972. The maximum absolute atomic E-state index is 12.3. The Labute approximate surface area is 158 Å². The quantitative estimate of drug-likeness (QED) is 0.820. The Morgan fingerprint density at radius 2 is 1.85 bits per heavy atom. The highest BCUT2D eigenvalue weighted by atomic mass is 32.2. The van der Waals surface area contributed by atoms with E-state index in [9.17, 15) is 13.2 Å². The third-order valence-corrected chi connectivity index (χ3v) is 5.41. The lowest BCUT2D eigenvalue weighted by Gasteiger charge is -2.24. The zero-order chi connectivity index (χ0) is 19.6. The van der Waals surface area contributed by atoms with Crippen LogP contribution in [0.1, 0.15) is 17.5 Å². The average Bonchev–Trinajstić information content (AvgIpc) is 3.04. The van der Waals surface area contributed by atoms with Gasteiger partial charge >= 0.3 is 0 Å². The zero-order valence-corrected chi connectivity index (χ0v) is 16.3. The van der Waals surface area contributed by atoms with Gasteiger partial charge in [0.05, 0.1) is 11.9 Å². The minimum Gasteiger partial charge on any atom is -0.454 e. The number of hydrogen-bond acceptors (Lipinski definition) is 5. The van der Waals surface area contributed by atoms with Gasteiger partial charge in [0.25, 0.3) is 0 Å². The number of hydrogen-bond donors (Lipinski definition) is 1. The van der Waals surface area contributed by atoms with E-state index in [2.05, 4.69) is 5.32 Å². The third kappa shape index (κ3) is 4.51. The van der Waals surface area contributed by atoms with Gasteiger partial charge in [-0.1, -0.05) is 12.1 Å². The zero-order valence-electron chi connectivity index (χ0n) is 15.5. The van der Waals surface area contributed by atoms with Crippen LogP contribution in [-0.2, 0) is 14.8 Å². The van der Waals surface area contributed by atoms with Gasteiger partial charge in [0.2, 0.25) is 22.7 Å². The van der Waals surface area contributed by atoms with Crippen LogP contribution < -0.4 is 19.1 Å². The van der Waals surface area contributed by atoms with Crippen LogP contribution in [0.3, 0.4) is 0 Å². The minimum atomic E-state index is -3.52. The van der Waals surface area contributed by atoms with E-state index in [0.29, 0.717) is 22.9 Å². The molecule has 27 heavy (non-hydrogen) atoms. The number of carbonyl (C=O) groups is 1. The number of anilines is 2. The van der Waals surface area contributed by atoms with Crippen LogP contribution in [0.5, 0.6) is 11.5 Å². The molecule has 7 nitrogen and oxygen atoms in total. The number of aryl methyl sites for hydroxylation is 2. The van der Waals surface area contributed by atoms with Gasteiger partial charge < -0.3 is 14.8 Å². The van der Waals surface area contributed by atoms with E-state index < -0.39 is 10.0 Å². The second-order valence-electron chi connectivity index (χ2n) is 6.49. The summed E-state index contributed by atoms with van der Waals surface area (Å²) in [6, 6.07) is 10.7. The fourth-order valence-electron chi connectivity index (χ4n) is 2.85. The molecule has 0 bridgehead atoms. The van der Waals surface area contributed by atoms with Crippen molar-refractivity contribution in [1.29, 1.82) is 0 Å². The molecule has 8 heteroatoms. The Morgan fingerprint density at radius 1 is 1.11 bits per heavy atom. The van der Waals surface area contributed by atoms with Gasteiger partial charge in [-0.15, -0.1) is 0 Å². The molecule has 0 fully saturated rings. The first-order valence-corrected chi connectivity index (χ1v) is 10.3. The number of benzene rings is 2. The molecule has 0 aromatic heterocycles. The number of nitrogens with zero attached hydrogens (tertiary/aromatic N) is 1. The van der Waals surface area contributed by atoms with Crippen molar-refractivity contribution in [2.45, 2.75) is 20.3 Å². The van der Waals surface area contributed by atoms with E-state index in [1.807, 2.05) is 32.0 Å². The molecule has 1 aliphatic rings. The highest BCUT2D eigenvalue weighted by molar-refractivity contribution is 7.92. The van der Waals surface area contributed by atoms with Gasteiger partial charge in [0, 0.05) is 24.7 Å². The second kappa shape index (κ2) is 7.48. The van der Waals surface area contributed by atoms with Crippen molar-refractivity contribution >= 4 is 27.3 Å². The number of amides is 1. The standard InChI is InChI=1S/C19H22N2O5S/c1-13-4-5-14(2)16(10-13)21(27(3,23)24)9-8-19(22)20-15-6-7-17-18(11-15)26-12-25-17/h4-7,10-11H,8-9,12H2,1-3H3,(H,20,22). The van der Waals surface area contributed by atoms with Crippen LogP contribution in [0.4, 0.5) is 11.4 Å². The van der Waals surface area contributed by atoms with E-state index in [1.165, 1.54) is 4.31 Å². The first-order valence-electron chi connectivity index (χ1n) is 8.48. The number of rotatable bonds is 6. The molecule has 2 aromatic rings. The summed E-state index contributed by atoms with van der Waals surface area (Å²) in [5, 5.41) is 2.76. The monoisotopic (exact) mass is 390 g/mol. The van der Waals surface area contributed by atoms with E-state index in [4.69, 9.17) is 9.47 Å². The van der Waals surface area contributed by atoms with E-state index in [-0.39, 0.29) is 25.7 Å². The van der Waals surface area contributed by atoms with Gasteiger partial charge in [-0.2, -0.15) is 0 Å². The second-order valence-corrected chi connectivity index (χ2v) is 8.40. The van der Waals surface area contributed by atoms with Crippen LogP contribution in [-0.4, -0.2) is 33.9 Å². The van der Waals surface area contributed by atoms with Crippen molar-refractivity contribution in [2.75, 3.05) is 29.2 Å². The normalized spacial score (nSPS) is 12.7. The molecule has 1 heterocycles. The lowest BCUT2D eigenvalue weighted by Crippen LogP contribution is -2.33. The maximum Gasteiger partial charge on any atom is 0.232 e. The largest absolute Gasteiger partial charge is 0.454 e. The predicted octanol–water partition coefficient (Wildman–Crippen LogP) is 2.83. The fraction of sp³-hybridized carbons (Fsp3) is 0.316. The summed E-state index contributed by atoms with van der Waals surface area (Å²) in [5.74, 6) is 0.917. The first kappa shape index (κ1) is 19.0. The molecular weight excluding hydrogens is 368 g/mol. The minimum absolute atomic E-state index is 0.0227. The SMILES string of the molecule is Cc1ccc(C)c(N(CCC(=O)Nc2ccc3c(c2)OCO3)S(C)(=O)=O)c1. The maximum atomic E-state index is 12.3. The number of sulfonamides is 1. The van der Waals surface area contributed by atoms with E-state index in [1.54, 1.807) is 18.2 Å². The summed E-state index contributed by atoms with van der Waals surface area (Å²) in [6.45, 7) is 3.96. The average molecular weight is 390 g/mol. The lowest BCUT2D eigenvalue weighted by atomic mass is 10.1. The van der Waals surface area contributed by atoms with Crippen molar-refractivity contribution in [3.63, 3.8) is 0 Å². The molecule has 0 radical (unpaired) electrons. The molecule has 3 rings (SSSR count). The highest BCUT2D eigenvalue weighted by Crippen LogP contribution is 2.34. The number of carbonyl (C=O) groups excluding carboxylic acids is 1. The van der Waals surface area contributed by atoms with Crippen molar-refractivity contribution < 1.29 is 22.7 Å². The van der Waals surface area contributed by atoms with Gasteiger partial charge in [0.1, 0.15) is 0 Å². The van der Waals surface area contributed by atoms with Crippen molar-refractivity contribution in [1.82, 2.24) is 0 Å². The summed E-state index contributed by atoms with van der Waals surface area (Å²) in [7, 11) is -3.52. The van der Waals surface area contributed by atoms with Crippen LogP contribution >= 0.6 is 0 Å². The van der Waals surface area contributed by atoms with Crippen LogP contribution in [0.2, 0.25) is 0 Å². The molecule has 1 amide bonds. The van der Waals surface area contributed by atoms with E-state index >= 15 is 0 Å². The van der Waals surface area contributed by atoms with Gasteiger partial charge in [0.15, 0.2) is 11.5 Å². The summed E-state index contributed by atoms with van der Waals surface area (Å²) in [6.07, 6.45) is 1.17. The Hall–Kier alpha value is -2.74. The molecule has 0 spiro atoms.